The predicted molar refractivity (Wildman–Crippen MR) is 64.0 cm³/mol. The number of hydrogen-bond acceptors (Lipinski definition) is 3. The first-order valence-corrected chi connectivity index (χ1v) is 6.25. The zero-order chi connectivity index (χ0) is 9.97. The van der Waals surface area contributed by atoms with E-state index in [0.717, 1.165) is 14.7 Å². The number of benzene rings is 1. The second kappa shape index (κ2) is 4.42. The number of para-hydroxylation sites is 1. The summed E-state index contributed by atoms with van der Waals surface area (Å²) >= 11 is 8.29. The molecule has 14 heavy (non-hydrogen) atoms. The van der Waals surface area contributed by atoms with E-state index in [2.05, 4.69) is 36.8 Å². The highest BCUT2D eigenvalue weighted by atomic mass is 79.9. The van der Waals surface area contributed by atoms with Crippen LogP contribution in [0.1, 0.15) is 0 Å². The largest absolute Gasteiger partial charge is 0.428 e. The standard InChI is InChI=1S/C9H5Br2NOS/c10-6-2-1-3-7(11)8(6)13-9-12-4-5-14-9/h1-5H. The van der Waals surface area contributed by atoms with E-state index in [0.29, 0.717) is 5.19 Å². The first-order chi connectivity index (χ1) is 6.77. The zero-order valence-electron chi connectivity index (χ0n) is 6.91. The Morgan fingerprint density at radius 1 is 1.21 bits per heavy atom. The maximum absolute atomic E-state index is 5.59. The first-order valence-electron chi connectivity index (χ1n) is 3.79. The fourth-order valence-electron chi connectivity index (χ4n) is 0.928. The molecule has 0 spiro atoms. The number of ether oxygens (including phenoxy) is 1. The summed E-state index contributed by atoms with van der Waals surface area (Å²) in [5.74, 6) is 0.752. The molecule has 0 fully saturated rings. The molecule has 72 valence electrons. The van der Waals surface area contributed by atoms with E-state index < -0.39 is 0 Å². The molecule has 2 aromatic rings. The van der Waals surface area contributed by atoms with Gasteiger partial charge in [0, 0.05) is 11.6 Å². The molecule has 0 saturated heterocycles. The molecule has 0 bridgehead atoms. The van der Waals surface area contributed by atoms with Crippen molar-refractivity contribution in [2.24, 2.45) is 0 Å². The van der Waals surface area contributed by atoms with E-state index in [1.165, 1.54) is 11.3 Å². The van der Waals surface area contributed by atoms with Crippen LogP contribution in [0.15, 0.2) is 38.7 Å². The van der Waals surface area contributed by atoms with Crippen molar-refractivity contribution in [3.8, 4) is 10.9 Å². The molecule has 0 unspecified atom stereocenters. The van der Waals surface area contributed by atoms with Gasteiger partial charge in [0.25, 0.3) is 5.19 Å². The molecule has 0 saturated carbocycles. The second-order valence-corrected chi connectivity index (χ2v) is 5.02. The molecular weight excluding hydrogens is 330 g/mol. The zero-order valence-corrected chi connectivity index (χ0v) is 10.9. The molecular formula is C9H5Br2NOS. The van der Waals surface area contributed by atoms with Gasteiger partial charge >= 0.3 is 0 Å². The van der Waals surface area contributed by atoms with Crippen LogP contribution in [0, 0.1) is 0 Å². The minimum atomic E-state index is 0.637. The van der Waals surface area contributed by atoms with Crippen LogP contribution in [0.4, 0.5) is 0 Å². The van der Waals surface area contributed by atoms with Gasteiger partial charge < -0.3 is 4.74 Å². The number of thiazole rings is 1. The van der Waals surface area contributed by atoms with Crippen molar-refractivity contribution in [1.29, 1.82) is 0 Å². The van der Waals surface area contributed by atoms with Gasteiger partial charge in [-0.3, -0.25) is 0 Å². The fraction of sp³-hybridized carbons (Fsp3) is 0. The second-order valence-electron chi connectivity index (χ2n) is 2.45. The van der Waals surface area contributed by atoms with Gasteiger partial charge in [-0.2, -0.15) is 0 Å². The highest BCUT2D eigenvalue weighted by Crippen LogP contribution is 2.36. The van der Waals surface area contributed by atoms with E-state index in [1.54, 1.807) is 6.20 Å². The van der Waals surface area contributed by atoms with Gasteiger partial charge in [0.05, 0.1) is 8.95 Å². The van der Waals surface area contributed by atoms with Crippen LogP contribution < -0.4 is 4.74 Å². The molecule has 1 aromatic heterocycles. The van der Waals surface area contributed by atoms with Crippen molar-refractivity contribution < 1.29 is 4.74 Å². The van der Waals surface area contributed by atoms with Gasteiger partial charge in [-0.25, -0.2) is 4.98 Å². The van der Waals surface area contributed by atoms with E-state index in [4.69, 9.17) is 4.74 Å². The highest BCUT2D eigenvalue weighted by molar-refractivity contribution is 9.11. The SMILES string of the molecule is Brc1cccc(Br)c1Oc1nccs1. The van der Waals surface area contributed by atoms with Gasteiger partial charge in [-0.15, -0.1) is 0 Å². The molecule has 0 aliphatic rings. The summed E-state index contributed by atoms with van der Waals surface area (Å²) in [5, 5.41) is 2.51. The third-order valence-electron chi connectivity index (χ3n) is 1.52. The average molecular weight is 335 g/mol. The van der Waals surface area contributed by atoms with Crippen molar-refractivity contribution in [3.05, 3.63) is 38.7 Å². The van der Waals surface area contributed by atoms with Crippen LogP contribution in [-0.4, -0.2) is 4.98 Å². The quantitative estimate of drug-likeness (QED) is 0.808. The summed E-state index contributed by atoms with van der Waals surface area (Å²) < 4.78 is 7.40. The van der Waals surface area contributed by atoms with Crippen LogP contribution in [0.2, 0.25) is 0 Å². The fourth-order valence-corrected chi connectivity index (χ4v) is 2.58. The molecule has 0 N–H and O–H groups in total. The molecule has 0 amide bonds. The summed E-state index contributed by atoms with van der Waals surface area (Å²) in [6.07, 6.45) is 1.71. The molecule has 0 aliphatic heterocycles. The lowest BCUT2D eigenvalue weighted by Crippen LogP contribution is -1.85. The molecule has 1 heterocycles. The van der Waals surface area contributed by atoms with Crippen molar-refractivity contribution in [2.75, 3.05) is 0 Å². The molecule has 0 atom stereocenters. The number of aromatic nitrogens is 1. The summed E-state index contributed by atoms with van der Waals surface area (Å²) in [6.45, 7) is 0. The molecule has 2 nitrogen and oxygen atoms in total. The van der Waals surface area contributed by atoms with Crippen LogP contribution in [0.5, 0.6) is 10.9 Å². The maximum atomic E-state index is 5.59. The third-order valence-corrected chi connectivity index (χ3v) is 3.42. The summed E-state index contributed by atoms with van der Waals surface area (Å²) in [4.78, 5) is 4.05. The normalized spacial score (nSPS) is 10.1. The molecule has 0 radical (unpaired) electrons. The maximum Gasteiger partial charge on any atom is 0.278 e. The summed E-state index contributed by atoms with van der Waals surface area (Å²) in [5.41, 5.74) is 0. The Hall–Kier alpha value is -0.390. The third kappa shape index (κ3) is 2.16. The number of hydrogen-bond donors (Lipinski definition) is 0. The van der Waals surface area contributed by atoms with E-state index in [-0.39, 0.29) is 0 Å². The van der Waals surface area contributed by atoms with Gasteiger partial charge in [0.2, 0.25) is 0 Å². The number of halogens is 2. The Morgan fingerprint density at radius 3 is 2.50 bits per heavy atom. The number of rotatable bonds is 2. The Balaban J connectivity index is 2.33. The molecule has 0 aliphatic carbocycles. The van der Waals surface area contributed by atoms with Gasteiger partial charge in [0.15, 0.2) is 5.75 Å². The lowest BCUT2D eigenvalue weighted by molar-refractivity contribution is 0.473. The summed E-state index contributed by atoms with van der Waals surface area (Å²) in [7, 11) is 0. The lowest BCUT2D eigenvalue weighted by atomic mass is 10.3. The van der Waals surface area contributed by atoms with Crippen molar-refractivity contribution in [2.45, 2.75) is 0 Å². The Kier molecular flexibility index (Phi) is 3.20. The minimum absolute atomic E-state index is 0.637. The smallest absolute Gasteiger partial charge is 0.278 e. The minimum Gasteiger partial charge on any atom is -0.428 e. The van der Waals surface area contributed by atoms with E-state index >= 15 is 0 Å². The molecule has 5 heteroatoms. The Bertz CT molecular complexity index is 410. The van der Waals surface area contributed by atoms with Crippen molar-refractivity contribution in [1.82, 2.24) is 4.98 Å². The van der Waals surface area contributed by atoms with Gasteiger partial charge in [0.1, 0.15) is 0 Å². The van der Waals surface area contributed by atoms with Crippen molar-refractivity contribution in [3.63, 3.8) is 0 Å². The van der Waals surface area contributed by atoms with Crippen LogP contribution in [0.3, 0.4) is 0 Å². The first kappa shape index (κ1) is 10.1. The van der Waals surface area contributed by atoms with Crippen molar-refractivity contribution >= 4 is 43.2 Å². The lowest BCUT2D eigenvalue weighted by Gasteiger charge is -2.05. The topological polar surface area (TPSA) is 22.1 Å². The van der Waals surface area contributed by atoms with Crippen LogP contribution >= 0.6 is 43.2 Å². The molecule has 1 aromatic carbocycles. The monoisotopic (exact) mass is 333 g/mol. The summed E-state index contributed by atoms with van der Waals surface area (Å²) in [6, 6.07) is 5.78. The Labute approximate surface area is 102 Å². The van der Waals surface area contributed by atoms with Gasteiger partial charge in [-0.1, -0.05) is 17.4 Å². The predicted octanol–water partition coefficient (Wildman–Crippen LogP) is 4.46. The molecule has 2 rings (SSSR count). The van der Waals surface area contributed by atoms with Crippen LogP contribution in [-0.2, 0) is 0 Å². The Morgan fingerprint density at radius 2 is 1.93 bits per heavy atom. The highest BCUT2D eigenvalue weighted by Gasteiger charge is 2.07. The number of nitrogens with zero attached hydrogens (tertiary/aromatic N) is 1. The van der Waals surface area contributed by atoms with Crippen LogP contribution in [0.25, 0.3) is 0 Å². The average Bonchev–Trinajstić information content (AvgIpc) is 2.64. The van der Waals surface area contributed by atoms with E-state index in [9.17, 15) is 0 Å². The van der Waals surface area contributed by atoms with E-state index in [1.807, 2.05) is 23.6 Å². The van der Waals surface area contributed by atoms with Gasteiger partial charge in [-0.05, 0) is 44.0 Å².